The first-order valence-corrected chi connectivity index (χ1v) is 8.48. The second kappa shape index (κ2) is 7.96. The Morgan fingerprint density at radius 2 is 1.86 bits per heavy atom. The van der Waals surface area contributed by atoms with Crippen molar-refractivity contribution in [2.24, 2.45) is 11.8 Å². The minimum Gasteiger partial charge on any atom is -0.496 e. The molecule has 0 bridgehead atoms. The summed E-state index contributed by atoms with van der Waals surface area (Å²) in [6.07, 6.45) is 5.72. The van der Waals surface area contributed by atoms with Crippen LogP contribution in [-0.2, 0) is 4.74 Å². The van der Waals surface area contributed by atoms with Crippen LogP contribution in [0.1, 0.15) is 64.5 Å². The van der Waals surface area contributed by atoms with Gasteiger partial charge in [0, 0.05) is 5.56 Å². The smallest absolute Gasteiger partial charge is 0.124 e. The van der Waals surface area contributed by atoms with E-state index in [4.69, 9.17) is 9.47 Å². The first-order chi connectivity index (χ1) is 10.5. The Balaban J connectivity index is 2.17. The monoisotopic (exact) mass is 308 g/mol. The lowest BCUT2D eigenvalue weighted by Gasteiger charge is -2.31. The Kier molecular flexibility index (Phi) is 6.25. The van der Waals surface area contributed by atoms with Crippen LogP contribution >= 0.6 is 0 Å². The molecule has 1 saturated carbocycles. The zero-order valence-corrected chi connectivity index (χ0v) is 14.3. The fourth-order valence-corrected chi connectivity index (χ4v) is 3.24. The van der Waals surface area contributed by atoms with Gasteiger partial charge in [0.05, 0.1) is 19.3 Å². The number of hydrogen-bond donors (Lipinski definition) is 0. The summed E-state index contributed by atoms with van der Waals surface area (Å²) in [5, 5.41) is 0. The van der Waals surface area contributed by atoms with Gasteiger partial charge in [-0.1, -0.05) is 20.8 Å². The Hall–Kier alpha value is -1.09. The summed E-state index contributed by atoms with van der Waals surface area (Å²) >= 11 is 0. The van der Waals surface area contributed by atoms with Gasteiger partial charge in [-0.25, -0.2) is 4.39 Å². The molecule has 1 fully saturated rings. The molecule has 124 valence electrons. The first-order valence-electron chi connectivity index (χ1n) is 8.48. The molecule has 0 unspecified atom stereocenters. The summed E-state index contributed by atoms with van der Waals surface area (Å²) in [6.45, 7) is 6.65. The fourth-order valence-electron chi connectivity index (χ4n) is 3.24. The van der Waals surface area contributed by atoms with Crippen molar-refractivity contribution >= 4 is 0 Å². The molecule has 3 heteroatoms. The second-order valence-corrected chi connectivity index (χ2v) is 7.02. The van der Waals surface area contributed by atoms with E-state index in [2.05, 4.69) is 20.8 Å². The van der Waals surface area contributed by atoms with Crippen LogP contribution in [0.5, 0.6) is 5.75 Å². The Bertz CT molecular complexity index is 465. The van der Waals surface area contributed by atoms with E-state index in [-0.39, 0.29) is 18.0 Å². The van der Waals surface area contributed by atoms with Crippen molar-refractivity contribution in [3.8, 4) is 5.75 Å². The number of hydrogen-bond acceptors (Lipinski definition) is 2. The van der Waals surface area contributed by atoms with E-state index in [0.717, 1.165) is 36.5 Å². The maximum Gasteiger partial charge on any atom is 0.124 e. The standard InChI is InChI=1S/C19H29FO2/c1-13(2)11-19(22-16-8-5-14(3)6-9-16)17-12-15(20)7-10-18(17)21-4/h7,10,12-14,16,19H,5-6,8-9,11H2,1-4H3/t14-,16+,19-/m0/s1. The average Bonchev–Trinajstić information content (AvgIpc) is 2.48. The SMILES string of the molecule is COc1ccc(F)cc1[C@H](CC(C)C)O[C@H]1CC[C@@H](C)CC1. The minimum atomic E-state index is -0.231. The zero-order chi connectivity index (χ0) is 16.1. The molecular formula is C19H29FO2. The largest absolute Gasteiger partial charge is 0.496 e. The van der Waals surface area contributed by atoms with E-state index < -0.39 is 0 Å². The van der Waals surface area contributed by atoms with Crippen LogP contribution in [-0.4, -0.2) is 13.2 Å². The van der Waals surface area contributed by atoms with E-state index in [1.165, 1.54) is 18.9 Å². The van der Waals surface area contributed by atoms with Gasteiger partial charge in [0.1, 0.15) is 11.6 Å². The van der Waals surface area contributed by atoms with Crippen LogP contribution in [0, 0.1) is 17.7 Å². The van der Waals surface area contributed by atoms with Gasteiger partial charge >= 0.3 is 0 Å². The third-order valence-corrected chi connectivity index (χ3v) is 4.54. The number of benzene rings is 1. The highest BCUT2D eigenvalue weighted by molar-refractivity contribution is 5.36. The minimum absolute atomic E-state index is 0.0935. The molecule has 0 aromatic heterocycles. The Morgan fingerprint density at radius 3 is 2.45 bits per heavy atom. The first kappa shape index (κ1) is 17.3. The summed E-state index contributed by atoms with van der Waals surface area (Å²) in [5.74, 6) is 1.77. The second-order valence-electron chi connectivity index (χ2n) is 7.02. The molecule has 2 rings (SSSR count). The van der Waals surface area contributed by atoms with Crippen molar-refractivity contribution in [3.05, 3.63) is 29.6 Å². The third kappa shape index (κ3) is 4.70. The molecule has 1 aromatic carbocycles. The zero-order valence-electron chi connectivity index (χ0n) is 14.3. The number of rotatable bonds is 6. The number of methoxy groups -OCH3 is 1. The Morgan fingerprint density at radius 1 is 1.18 bits per heavy atom. The van der Waals surface area contributed by atoms with Crippen LogP contribution in [0.3, 0.4) is 0 Å². The topological polar surface area (TPSA) is 18.5 Å². The van der Waals surface area contributed by atoms with Crippen molar-refractivity contribution in [2.75, 3.05) is 7.11 Å². The summed E-state index contributed by atoms with van der Waals surface area (Å²) in [4.78, 5) is 0. The summed E-state index contributed by atoms with van der Waals surface area (Å²) < 4.78 is 25.5. The molecule has 0 saturated heterocycles. The molecule has 1 aliphatic carbocycles. The lowest BCUT2D eigenvalue weighted by molar-refractivity contribution is -0.0464. The molecule has 0 spiro atoms. The molecule has 1 aliphatic rings. The van der Waals surface area contributed by atoms with Crippen molar-refractivity contribution < 1.29 is 13.9 Å². The van der Waals surface area contributed by atoms with Gasteiger partial charge in [0.25, 0.3) is 0 Å². The van der Waals surface area contributed by atoms with Crippen molar-refractivity contribution in [2.45, 2.75) is 65.1 Å². The molecule has 1 aromatic rings. The summed E-state index contributed by atoms with van der Waals surface area (Å²) in [7, 11) is 1.63. The maximum absolute atomic E-state index is 13.7. The van der Waals surface area contributed by atoms with Gasteiger partial charge in [-0.3, -0.25) is 0 Å². The highest BCUT2D eigenvalue weighted by Gasteiger charge is 2.25. The predicted octanol–water partition coefficient (Wildman–Crippen LogP) is 5.52. The lowest BCUT2D eigenvalue weighted by Crippen LogP contribution is -2.23. The molecule has 22 heavy (non-hydrogen) atoms. The number of halogens is 1. The Labute approximate surface area is 134 Å². The van der Waals surface area contributed by atoms with E-state index in [9.17, 15) is 4.39 Å². The molecule has 0 heterocycles. The lowest BCUT2D eigenvalue weighted by atomic mass is 9.88. The molecule has 2 nitrogen and oxygen atoms in total. The average molecular weight is 308 g/mol. The van der Waals surface area contributed by atoms with E-state index in [0.29, 0.717) is 5.92 Å². The van der Waals surface area contributed by atoms with E-state index in [1.807, 2.05) is 0 Å². The van der Waals surface area contributed by atoms with Gasteiger partial charge in [-0.05, 0) is 62.1 Å². The molecule has 1 atom stereocenters. The van der Waals surface area contributed by atoms with Gasteiger partial charge < -0.3 is 9.47 Å². The van der Waals surface area contributed by atoms with Crippen LogP contribution in [0.25, 0.3) is 0 Å². The molecule has 0 aliphatic heterocycles. The summed E-state index contributed by atoms with van der Waals surface area (Å²) in [5.41, 5.74) is 0.842. The maximum atomic E-state index is 13.7. The van der Waals surface area contributed by atoms with E-state index >= 15 is 0 Å². The molecule has 0 amide bonds. The normalized spacial score (nSPS) is 23.5. The van der Waals surface area contributed by atoms with Crippen LogP contribution in [0.15, 0.2) is 18.2 Å². The highest BCUT2D eigenvalue weighted by atomic mass is 19.1. The van der Waals surface area contributed by atoms with Gasteiger partial charge in [0.2, 0.25) is 0 Å². The van der Waals surface area contributed by atoms with Gasteiger partial charge in [0.15, 0.2) is 0 Å². The molecule has 0 N–H and O–H groups in total. The van der Waals surface area contributed by atoms with Gasteiger partial charge in [-0.2, -0.15) is 0 Å². The number of ether oxygens (including phenoxy) is 2. The fraction of sp³-hybridized carbons (Fsp3) is 0.684. The van der Waals surface area contributed by atoms with Crippen LogP contribution < -0.4 is 4.74 Å². The molecule has 0 radical (unpaired) electrons. The van der Waals surface area contributed by atoms with E-state index in [1.54, 1.807) is 19.2 Å². The quantitative estimate of drug-likeness (QED) is 0.689. The molecular weight excluding hydrogens is 279 g/mol. The van der Waals surface area contributed by atoms with Crippen molar-refractivity contribution in [3.63, 3.8) is 0 Å². The van der Waals surface area contributed by atoms with Gasteiger partial charge in [-0.15, -0.1) is 0 Å². The predicted molar refractivity (Wildman–Crippen MR) is 87.7 cm³/mol. The summed E-state index contributed by atoms with van der Waals surface area (Å²) in [6, 6.07) is 4.71. The third-order valence-electron chi connectivity index (χ3n) is 4.54. The highest BCUT2D eigenvalue weighted by Crippen LogP contribution is 2.36. The van der Waals surface area contributed by atoms with Crippen LogP contribution in [0.4, 0.5) is 4.39 Å². The van der Waals surface area contributed by atoms with Crippen LogP contribution in [0.2, 0.25) is 0 Å². The van der Waals surface area contributed by atoms with Crippen molar-refractivity contribution in [1.82, 2.24) is 0 Å². The van der Waals surface area contributed by atoms with Crippen molar-refractivity contribution in [1.29, 1.82) is 0 Å².